The third kappa shape index (κ3) is 6.18. The van der Waals surface area contributed by atoms with Crippen molar-refractivity contribution in [2.75, 3.05) is 65.6 Å². The van der Waals surface area contributed by atoms with Crippen LogP contribution in [0.3, 0.4) is 0 Å². The minimum Gasteiger partial charge on any atom is -0.378 e. The van der Waals surface area contributed by atoms with Crippen LogP contribution < -0.4 is 5.32 Å². The van der Waals surface area contributed by atoms with Crippen LogP contribution in [-0.4, -0.2) is 92.2 Å². The van der Waals surface area contributed by atoms with Gasteiger partial charge in [-0.2, -0.15) is 0 Å². The van der Waals surface area contributed by atoms with Gasteiger partial charge < -0.3 is 19.9 Å². The molecule has 0 radical (unpaired) electrons. The molecule has 0 aliphatic carbocycles. The standard InChI is InChI=1S/C22H34N4O3/c1-18(2)17-24-8-10-26(11-9-24)22(28)23-16-20(19-6-4-3-5-7-19)21(27)25-12-14-29-15-13-25/h3-7,18,20H,8-17H2,1-2H3,(H,23,28). The SMILES string of the molecule is CC(C)CN1CCN(C(=O)NCC(C(=O)N2CCOCC2)c2ccccc2)CC1. The van der Waals surface area contributed by atoms with Crippen molar-refractivity contribution in [2.24, 2.45) is 5.92 Å². The van der Waals surface area contributed by atoms with Crippen molar-refractivity contribution in [3.63, 3.8) is 0 Å². The molecular weight excluding hydrogens is 368 g/mol. The van der Waals surface area contributed by atoms with Gasteiger partial charge >= 0.3 is 6.03 Å². The summed E-state index contributed by atoms with van der Waals surface area (Å²) in [7, 11) is 0. The van der Waals surface area contributed by atoms with Gasteiger partial charge in [0.25, 0.3) is 0 Å². The van der Waals surface area contributed by atoms with E-state index in [-0.39, 0.29) is 17.9 Å². The molecule has 2 heterocycles. The molecule has 160 valence electrons. The Bertz CT molecular complexity index is 653. The van der Waals surface area contributed by atoms with E-state index in [4.69, 9.17) is 4.74 Å². The fourth-order valence-corrected chi connectivity index (χ4v) is 3.99. The molecule has 7 nitrogen and oxygen atoms in total. The maximum Gasteiger partial charge on any atom is 0.317 e. The van der Waals surface area contributed by atoms with Gasteiger partial charge in [-0.05, 0) is 11.5 Å². The lowest BCUT2D eigenvalue weighted by Gasteiger charge is -2.36. The van der Waals surface area contributed by atoms with Crippen molar-refractivity contribution in [1.82, 2.24) is 20.0 Å². The second-order valence-corrected chi connectivity index (χ2v) is 8.27. The number of piperazine rings is 1. The maximum absolute atomic E-state index is 13.1. The first-order chi connectivity index (χ1) is 14.0. The minimum absolute atomic E-state index is 0.0570. The van der Waals surface area contributed by atoms with Crippen LogP contribution in [0.1, 0.15) is 25.3 Å². The normalized spacial score (nSPS) is 19.3. The molecule has 1 atom stereocenters. The van der Waals surface area contributed by atoms with Crippen molar-refractivity contribution in [1.29, 1.82) is 0 Å². The average molecular weight is 403 g/mol. The second kappa shape index (κ2) is 10.6. The van der Waals surface area contributed by atoms with E-state index in [1.54, 1.807) is 0 Å². The smallest absolute Gasteiger partial charge is 0.317 e. The number of hydrogen-bond acceptors (Lipinski definition) is 4. The first-order valence-electron chi connectivity index (χ1n) is 10.7. The van der Waals surface area contributed by atoms with Gasteiger partial charge in [-0.25, -0.2) is 4.79 Å². The predicted octanol–water partition coefficient (Wildman–Crippen LogP) is 1.61. The van der Waals surface area contributed by atoms with Gasteiger partial charge in [0.2, 0.25) is 5.91 Å². The third-order valence-corrected chi connectivity index (χ3v) is 5.56. The Labute approximate surface area is 174 Å². The van der Waals surface area contributed by atoms with Crippen molar-refractivity contribution in [2.45, 2.75) is 19.8 Å². The largest absolute Gasteiger partial charge is 0.378 e. The number of nitrogens with one attached hydrogen (secondary N) is 1. The summed E-state index contributed by atoms with van der Waals surface area (Å²) in [5, 5.41) is 3.02. The molecule has 2 fully saturated rings. The Balaban J connectivity index is 1.57. The lowest BCUT2D eigenvalue weighted by atomic mass is 9.97. The number of nitrogens with zero attached hydrogens (tertiary/aromatic N) is 3. The van der Waals surface area contributed by atoms with Crippen LogP contribution in [0, 0.1) is 5.92 Å². The summed E-state index contributed by atoms with van der Waals surface area (Å²) in [5.74, 6) is 0.315. The summed E-state index contributed by atoms with van der Waals surface area (Å²) < 4.78 is 5.37. The highest BCUT2D eigenvalue weighted by atomic mass is 16.5. The van der Waals surface area contributed by atoms with Crippen LogP contribution >= 0.6 is 0 Å². The number of rotatable bonds is 6. The summed E-state index contributed by atoms with van der Waals surface area (Å²) in [4.78, 5) is 32.0. The van der Waals surface area contributed by atoms with Crippen LogP contribution in [0.4, 0.5) is 4.79 Å². The van der Waals surface area contributed by atoms with E-state index in [0.717, 1.165) is 38.3 Å². The number of carbonyl (C=O) groups is 2. The first-order valence-corrected chi connectivity index (χ1v) is 10.7. The van der Waals surface area contributed by atoms with Crippen LogP contribution in [-0.2, 0) is 9.53 Å². The molecule has 1 aromatic rings. The molecule has 1 unspecified atom stereocenters. The zero-order valence-electron chi connectivity index (χ0n) is 17.7. The lowest BCUT2D eigenvalue weighted by Crippen LogP contribution is -2.53. The summed E-state index contributed by atoms with van der Waals surface area (Å²) in [5.41, 5.74) is 0.936. The topological polar surface area (TPSA) is 65.1 Å². The van der Waals surface area contributed by atoms with E-state index in [1.807, 2.05) is 40.1 Å². The van der Waals surface area contributed by atoms with Gasteiger partial charge in [0, 0.05) is 52.4 Å². The number of amides is 3. The summed E-state index contributed by atoms with van der Waals surface area (Å²) in [6, 6.07) is 9.65. The molecule has 3 rings (SSSR count). The quantitative estimate of drug-likeness (QED) is 0.785. The van der Waals surface area contributed by atoms with Gasteiger partial charge in [0.1, 0.15) is 0 Å². The number of hydrogen-bond donors (Lipinski definition) is 1. The highest BCUT2D eigenvalue weighted by Gasteiger charge is 2.29. The molecular formula is C22H34N4O3. The van der Waals surface area contributed by atoms with Gasteiger partial charge in [-0.15, -0.1) is 0 Å². The Morgan fingerprint density at radius 2 is 1.62 bits per heavy atom. The lowest BCUT2D eigenvalue weighted by molar-refractivity contribution is -0.136. The molecule has 3 amide bonds. The van der Waals surface area contributed by atoms with E-state index < -0.39 is 0 Å². The van der Waals surface area contributed by atoms with E-state index in [2.05, 4.69) is 24.1 Å². The zero-order valence-corrected chi connectivity index (χ0v) is 17.7. The summed E-state index contributed by atoms with van der Waals surface area (Å²) >= 11 is 0. The Morgan fingerprint density at radius 3 is 2.24 bits per heavy atom. The van der Waals surface area contributed by atoms with E-state index in [0.29, 0.717) is 38.8 Å². The highest BCUT2D eigenvalue weighted by molar-refractivity contribution is 5.85. The molecule has 29 heavy (non-hydrogen) atoms. The summed E-state index contributed by atoms with van der Waals surface area (Å²) in [6.07, 6.45) is 0. The molecule has 0 saturated carbocycles. The van der Waals surface area contributed by atoms with Crippen molar-refractivity contribution >= 4 is 11.9 Å². The molecule has 2 saturated heterocycles. The first kappa shape index (κ1) is 21.6. The number of carbonyl (C=O) groups excluding carboxylic acids is 2. The number of benzene rings is 1. The van der Waals surface area contributed by atoms with Crippen molar-refractivity contribution < 1.29 is 14.3 Å². The molecule has 0 bridgehead atoms. The Kier molecular flexibility index (Phi) is 7.89. The molecule has 2 aliphatic rings. The van der Waals surface area contributed by atoms with E-state index >= 15 is 0 Å². The average Bonchev–Trinajstić information content (AvgIpc) is 2.75. The van der Waals surface area contributed by atoms with E-state index in [9.17, 15) is 9.59 Å². The van der Waals surface area contributed by atoms with Gasteiger partial charge in [0.15, 0.2) is 0 Å². The minimum atomic E-state index is -0.375. The van der Waals surface area contributed by atoms with Crippen LogP contribution in [0.5, 0.6) is 0 Å². The zero-order chi connectivity index (χ0) is 20.6. The number of morpholine rings is 1. The summed E-state index contributed by atoms with van der Waals surface area (Å²) in [6.45, 7) is 11.4. The van der Waals surface area contributed by atoms with E-state index in [1.165, 1.54) is 0 Å². The predicted molar refractivity (Wildman–Crippen MR) is 113 cm³/mol. The van der Waals surface area contributed by atoms with Gasteiger partial charge in [-0.1, -0.05) is 44.2 Å². The molecule has 0 spiro atoms. The number of urea groups is 1. The molecule has 7 heteroatoms. The fraction of sp³-hybridized carbons (Fsp3) is 0.636. The third-order valence-electron chi connectivity index (χ3n) is 5.56. The van der Waals surface area contributed by atoms with Crippen LogP contribution in [0.15, 0.2) is 30.3 Å². The molecule has 2 aliphatic heterocycles. The maximum atomic E-state index is 13.1. The molecule has 1 N–H and O–H groups in total. The molecule has 1 aromatic carbocycles. The Morgan fingerprint density at radius 1 is 0.966 bits per heavy atom. The number of ether oxygens (including phenoxy) is 1. The van der Waals surface area contributed by atoms with Crippen LogP contribution in [0.2, 0.25) is 0 Å². The van der Waals surface area contributed by atoms with Crippen molar-refractivity contribution in [3.05, 3.63) is 35.9 Å². The van der Waals surface area contributed by atoms with Gasteiger partial charge in [0.05, 0.1) is 19.1 Å². The monoisotopic (exact) mass is 402 g/mol. The highest BCUT2D eigenvalue weighted by Crippen LogP contribution is 2.19. The van der Waals surface area contributed by atoms with Gasteiger partial charge in [-0.3, -0.25) is 9.69 Å². The fourth-order valence-electron chi connectivity index (χ4n) is 3.99. The van der Waals surface area contributed by atoms with Crippen LogP contribution in [0.25, 0.3) is 0 Å². The molecule has 0 aromatic heterocycles. The van der Waals surface area contributed by atoms with Crippen molar-refractivity contribution in [3.8, 4) is 0 Å². The Hall–Kier alpha value is -2.12. The second-order valence-electron chi connectivity index (χ2n) is 8.27.